The average molecular weight is 296 g/mol. The molecule has 0 N–H and O–H groups in total. The van der Waals surface area contributed by atoms with Gasteiger partial charge in [0, 0.05) is 0 Å². The summed E-state index contributed by atoms with van der Waals surface area (Å²) >= 11 is 0. The van der Waals surface area contributed by atoms with Crippen molar-refractivity contribution in [1.29, 1.82) is 0 Å². The van der Waals surface area contributed by atoms with Gasteiger partial charge in [-0.1, -0.05) is 38.8 Å². The molecule has 1 aromatic carbocycles. The lowest BCUT2D eigenvalue weighted by molar-refractivity contribution is 0.233. The van der Waals surface area contributed by atoms with Gasteiger partial charge in [-0.3, -0.25) is 0 Å². The second-order valence-electron chi connectivity index (χ2n) is 8.29. The van der Waals surface area contributed by atoms with E-state index in [4.69, 9.17) is 0 Å². The fraction of sp³-hybridized carbons (Fsp3) is 0.727. The summed E-state index contributed by atoms with van der Waals surface area (Å²) in [6.07, 6.45) is 14.2. The molecule has 0 nitrogen and oxygen atoms in total. The fourth-order valence-electron chi connectivity index (χ4n) is 6.15. The molecule has 3 aliphatic carbocycles. The van der Waals surface area contributed by atoms with Crippen LogP contribution in [0, 0.1) is 17.8 Å². The van der Waals surface area contributed by atoms with Gasteiger partial charge in [0.1, 0.15) is 0 Å². The molecule has 0 saturated heterocycles. The van der Waals surface area contributed by atoms with E-state index >= 15 is 0 Å². The molecule has 4 atom stereocenters. The maximum atomic E-state index is 2.54. The molecule has 1 aromatic rings. The Morgan fingerprint density at radius 2 is 1.86 bits per heavy atom. The highest BCUT2D eigenvalue weighted by Crippen LogP contribution is 2.53. The van der Waals surface area contributed by atoms with Crippen LogP contribution >= 0.6 is 0 Å². The maximum Gasteiger partial charge on any atom is -0.0128 e. The van der Waals surface area contributed by atoms with E-state index in [-0.39, 0.29) is 0 Å². The van der Waals surface area contributed by atoms with E-state index < -0.39 is 0 Å². The molecule has 3 aliphatic rings. The third-order valence-electron chi connectivity index (χ3n) is 7.17. The van der Waals surface area contributed by atoms with Crippen molar-refractivity contribution in [1.82, 2.24) is 0 Å². The summed E-state index contributed by atoms with van der Waals surface area (Å²) < 4.78 is 0. The SMILES string of the molecule is CCCC(C)C1CCC2c3ccc4c(c3CCC21)CCCC4. The largest absolute Gasteiger partial charge is 0.0654 e. The van der Waals surface area contributed by atoms with Crippen molar-refractivity contribution in [3.8, 4) is 0 Å². The van der Waals surface area contributed by atoms with Gasteiger partial charge in [0.15, 0.2) is 0 Å². The minimum atomic E-state index is 0.903. The van der Waals surface area contributed by atoms with Gasteiger partial charge in [0.2, 0.25) is 0 Å². The molecule has 0 aliphatic heterocycles. The first kappa shape index (κ1) is 14.8. The van der Waals surface area contributed by atoms with Gasteiger partial charge in [0.25, 0.3) is 0 Å². The van der Waals surface area contributed by atoms with E-state index in [9.17, 15) is 0 Å². The molecule has 0 aromatic heterocycles. The van der Waals surface area contributed by atoms with Crippen LogP contribution in [0.3, 0.4) is 0 Å². The highest BCUT2D eigenvalue weighted by atomic mass is 14.5. The van der Waals surface area contributed by atoms with Crippen molar-refractivity contribution in [3.63, 3.8) is 0 Å². The van der Waals surface area contributed by atoms with Gasteiger partial charge >= 0.3 is 0 Å². The summed E-state index contributed by atoms with van der Waals surface area (Å²) in [5.74, 6) is 3.85. The van der Waals surface area contributed by atoms with Crippen LogP contribution in [0.5, 0.6) is 0 Å². The summed E-state index contributed by atoms with van der Waals surface area (Å²) in [7, 11) is 0. The lowest BCUT2D eigenvalue weighted by Crippen LogP contribution is -2.26. The number of aryl methyl sites for hydroxylation is 1. The second-order valence-corrected chi connectivity index (χ2v) is 8.29. The smallest absolute Gasteiger partial charge is 0.0128 e. The minimum absolute atomic E-state index is 0.903. The van der Waals surface area contributed by atoms with Crippen molar-refractivity contribution < 1.29 is 0 Å². The molecular formula is C22H32. The Morgan fingerprint density at radius 1 is 1.00 bits per heavy atom. The van der Waals surface area contributed by atoms with Crippen molar-refractivity contribution in [2.45, 2.75) is 84.0 Å². The third kappa shape index (κ3) is 2.34. The standard InChI is InChI=1S/C22H32/c1-3-6-15(2)17-11-12-22-19(17)13-14-20-18-8-5-4-7-16(18)9-10-21(20)22/h9-10,15,17,19,22H,3-8,11-14H2,1-2H3. The van der Waals surface area contributed by atoms with Crippen LogP contribution in [0.15, 0.2) is 12.1 Å². The summed E-state index contributed by atoms with van der Waals surface area (Å²) in [5, 5.41) is 0. The van der Waals surface area contributed by atoms with Crippen LogP contribution in [0.25, 0.3) is 0 Å². The molecule has 120 valence electrons. The number of hydrogen-bond donors (Lipinski definition) is 0. The third-order valence-corrected chi connectivity index (χ3v) is 7.17. The van der Waals surface area contributed by atoms with Crippen molar-refractivity contribution in [3.05, 3.63) is 34.4 Å². The molecule has 0 heteroatoms. The topological polar surface area (TPSA) is 0 Å². The molecule has 0 spiro atoms. The van der Waals surface area contributed by atoms with Crippen LogP contribution in [0.1, 0.15) is 87.0 Å². The molecule has 0 bridgehead atoms. The van der Waals surface area contributed by atoms with E-state index in [0.717, 1.165) is 23.7 Å². The Kier molecular flexibility index (Phi) is 4.05. The van der Waals surface area contributed by atoms with Crippen LogP contribution in [-0.2, 0) is 19.3 Å². The molecule has 0 heterocycles. The van der Waals surface area contributed by atoms with Gasteiger partial charge in [-0.05, 0) is 97.3 Å². The summed E-state index contributed by atoms with van der Waals surface area (Å²) in [4.78, 5) is 0. The van der Waals surface area contributed by atoms with E-state index in [1.165, 1.54) is 64.2 Å². The Hall–Kier alpha value is -0.780. The molecule has 22 heavy (non-hydrogen) atoms. The minimum Gasteiger partial charge on any atom is -0.0654 e. The van der Waals surface area contributed by atoms with E-state index in [0.29, 0.717) is 0 Å². The molecule has 4 unspecified atom stereocenters. The van der Waals surface area contributed by atoms with E-state index in [2.05, 4.69) is 26.0 Å². The Morgan fingerprint density at radius 3 is 2.73 bits per heavy atom. The monoisotopic (exact) mass is 296 g/mol. The second kappa shape index (κ2) is 6.02. The molecule has 4 rings (SSSR count). The van der Waals surface area contributed by atoms with Gasteiger partial charge < -0.3 is 0 Å². The van der Waals surface area contributed by atoms with Crippen LogP contribution in [0.2, 0.25) is 0 Å². The highest BCUT2D eigenvalue weighted by Gasteiger charge is 2.42. The summed E-state index contributed by atoms with van der Waals surface area (Å²) in [6.45, 7) is 4.88. The molecule has 0 amide bonds. The Bertz CT molecular complexity index is 541. The predicted molar refractivity (Wildman–Crippen MR) is 94.4 cm³/mol. The van der Waals surface area contributed by atoms with Crippen molar-refractivity contribution in [2.75, 3.05) is 0 Å². The highest BCUT2D eigenvalue weighted by molar-refractivity contribution is 5.46. The Labute approximate surface area is 136 Å². The molecular weight excluding hydrogens is 264 g/mol. The van der Waals surface area contributed by atoms with Gasteiger partial charge in [-0.25, -0.2) is 0 Å². The molecule has 1 saturated carbocycles. The molecule has 1 fully saturated rings. The zero-order chi connectivity index (χ0) is 15.1. The van der Waals surface area contributed by atoms with Gasteiger partial charge in [-0.2, -0.15) is 0 Å². The Balaban J connectivity index is 1.63. The number of fused-ring (bicyclic) bond motifs is 5. The first-order valence-electron chi connectivity index (χ1n) is 9.93. The molecule has 0 radical (unpaired) electrons. The summed E-state index contributed by atoms with van der Waals surface area (Å²) in [5.41, 5.74) is 7.06. The van der Waals surface area contributed by atoms with E-state index in [1.54, 1.807) is 16.7 Å². The summed E-state index contributed by atoms with van der Waals surface area (Å²) in [6, 6.07) is 5.04. The maximum absolute atomic E-state index is 2.54. The van der Waals surface area contributed by atoms with Crippen LogP contribution < -0.4 is 0 Å². The number of benzene rings is 1. The first-order valence-corrected chi connectivity index (χ1v) is 9.93. The van der Waals surface area contributed by atoms with Crippen LogP contribution in [0.4, 0.5) is 0 Å². The van der Waals surface area contributed by atoms with E-state index in [1.807, 2.05) is 5.56 Å². The fourth-order valence-corrected chi connectivity index (χ4v) is 6.15. The normalized spacial score (nSPS) is 31.3. The van der Waals surface area contributed by atoms with Gasteiger partial charge in [0.05, 0.1) is 0 Å². The van der Waals surface area contributed by atoms with Crippen molar-refractivity contribution >= 4 is 0 Å². The average Bonchev–Trinajstić information content (AvgIpc) is 2.99. The zero-order valence-corrected chi connectivity index (χ0v) is 14.5. The number of hydrogen-bond acceptors (Lipinski definition) is 0. The lowest BCUT2D eigenvalue weighted by atomic mass is 9.69. The zero-order valence-electron chi connectivity index (χ0n) is 14.5. The van der Waals surface area contributed by atoms with Gasteiger partial charge in [-0.15, -0.1) is 0 Å². The number of rotatable bonds is 3. The first-order chi connectivity index (χ1) is 10.8. The lowest BCUT2D eigenvalue weighted by Gasteiger charge is -2.36. The predicted octanol–water partition coefficient (Wildman–Crippen LogP) is 6.06. The van der Waals surface area contributed by atoms with Crippen LogP contribution in [-0.4, -0.2) is 0 Å². The van der Waals surface area contributed by atoms with Crippen molar-refractivity contribution in [2.24, 2.45) is 17.8 Å². The quantitative estimate of drug-likeness (QED) is 0.636.